The molecule has 0 atom stereocenters. The van der Waals surface area contributed by atoms with Gasteiger partial charge in [-0.25, -0.2) is 0 Å². The molecule has 0 fully saturated rings. The molecule has 2 rings (SSSR count). The molecule has 0 aromatic heterocycles. The number of halogens is 1. The number of methoxy groups -OCH3 is 1. The van der Waals surface area contributed by atoms with Gasteiger partial charge in [-0.05, 0) is 36.5 Å². The van der Waals surface area contributed by atoms with Gasteiger partial charge in [0.05, 0.1) is 7.11 Å². The lowest BCUT2D eigenvalue weighted by Crippen LogP contribution is -2.34. The van der Waals surface area contributed by atoms with Gasteiger partial charge in [-0.1, -0.05) is 29.8 Å². The fourth-order valence-corrected chi connectivity index (χ4v) is 2.17. The smallest absolute Gasteiger partial charge is 0.257 e. The molecule has 0 aliphatic carbocycles. The summed E-state index contributed by atoms with van der Waals surface area (Å²) in [6.07, 6.45) is 0. The number of thiocarbonyl (C=S) groups is 1. The summed E-state index contributed by atoms with van der Waals surface area (Å²) in [7, 11) is 1.49. The van der Waals surface area contributed by atoms with E-state index >= 15 is 0 Å². The third-order valence-corrected chi connectivity index (χ3v) is 3.47. The maximum atomic E-state index is 11.9. The molecule has 2 aromatic rings. The van der Waals surface area contributed by atoms with E-state index in [4.69, 9.17) is 26.8 Å². The Kier molecular flexibility index (Phi) is 5.78. The van der Waals surface area contributed by atoms with Crippen LogP contribution in [0, 0.1) is 0 Å². The lowest BCUT2D eigenvalue weighted by atomic mass is 10.2. The van der Waals surface area contributed by atoms with Crippen molar-refractivity contribution in [3.05, 3.63) is 58.6 Å². The highest BCUT2D eigenvalue weighted by molar-refractivity contribution is 7.80. The number of hydrogen-bond donors (Lipinski definition) is 2. The number of nitrogens with two attached hydrogens (primary N) is 1. The molecule has 0 heterocycles. The fraction of sp³-hybridized carbons (Fsp3) is 0.125. The lowest BCUT2D eigenvalue weighted by Gasteiger charge is -2.12. The van der Waals surface area contributed by atoms with Crippen LogP contribution in [0.4, 0.5) is 0 Å². The molecule has 0 saturated carbocycles. The predicted octanol–water partition coefficient (Wildman–Crippen LogP) is 2.90. The van der Waals surface area contributed by atoms with Crippen LogP contribution in [0.3, 0.4) is 0 Å². The second-order valence-electron chi connectivity index (χ2n) is 4.56. The van der Waals surface area contributed by atoms with Crippen LogP contribution in [0.5, 0.6) is 11.5 Å². The minimum absolute atomic E-state index is 0.0898. The molecular weight excluding hydrogens is 336 g/mol. The SMILES string of the molecule is COc1cc(C(=O)NC(N)=S)ccc1OCc1ccccc1Cl. The summed E-state index contributed by atoms with van der Waals surface area (Å²) < 4.78 is 11.0. The summed E-state index contributed by atoms with van der Waals surface area (Å²) >= 11 is 10.7. The number of hydrogen-bond acceptors (Lipinski definition) is 4. The van der Waals surface area contributed by atoms with Crippen molar-refractivity contribution in [1.82, 2.24) is 5.32 Å². The largest absolute Gasteiger partial charge is 0.493 e. The molecule has 0 radical (unpaired) electrons. The molecule has 0 unspecified atom stereocenters. The molecular formula is C16H15ClN2O3S. The molecule has 1 amide bonds. The topological polar surface area (TPSA) is 73.6 Å². The number of ether oxygens (including phenoxy) is 2. The van der Waals surface area contributed by atoms with E-state index in [9.17, 15) is 4.79 Å². The fourth-order valence-electron chi connectivity index (χ4n) is 1.88. The van der Waals surface area contributed by atoms with Crippen LogP contribution in [0.25, 0.3) is 0 Å². The van der Waals surface area contributed by atoms with Crippen LogP contribution in [0.2, 0.25) is 5.02 Å². The van der Waals surface area contributed by atoms with Crippen molar-refractivity contribution in [1.29, 1.82) is 0 Å². The van der Waals surface area contributed by atoms with Crippen molar-refractivity contribution < 1.29 is 14.3 Å². The van der Waals surface area contributed by atoms with E-state index < -0.39 is 5.91 Å². The molecule has 0 saturated heterocycles. The van der Waals surface area contributed by atoms with Crippen molar-refractivity contribution in [3.63, 3.8) is 0 Å². The Morgan fingerprint density at radius 1 is 1.26 bits per heavy atom. The van der Waals surface area contributed by atoms with Crippen molar-refractivity contribution in [2.75, 3.05) is 7.11 Å². The Morgan fingerprint density at radius 3 is 2.65 bits per heavy atom. The van der Waals surface area contributed by atoms with Gasteiger partial charge >= 0.3 is 0 Å². The first-order valence-corrected chi connectivity index (χ1v) is 7.45. The highest BCUT2D eigenvalue weighted by atomic mass is 35.5. The monoisotopic (exact) mass is 350 g/mol. The third kappa shape index (κ3) is 4.58. The number of amides is 1. The van der Waals surface area contributed by atoms with Gasteiger partial charge in [-0.2, -0.15) is 0 Å². The van der Waals surface area contributed by atoms with Crippen molar-refractivity contribution in [3.8, 4) is 11.5 Å². The molecule has 0 aliphatic rings. The van der Waals surface area contributed by atoms with Crippen LogP contribution in [-0.2, 0) is 6.61 Å². The second kappa shape index (κ2) is 7.80. The van der Waals surface area contributed by atoms with Gasteiger partial charge in [0, 0.05) is 16.1 Å². The minimum atomic E-state index is -0.409. The Labute approximate surface area is 144 Å². The van der Waals surface area contributed by atoms with Gasteiger partial charge in [0.1, 0.15) is 6.61 Å². The van der Waals surface area contributed by atoms with E-state index in [2.05, 4.69) is 17.5 Å². The Morgan fingerprint density at radius 2 is 2.00 bits per heavy atom. The van der Waals surface area contributed by atoms with Crippen molar-refractivity contribution in [2.45, 2.75) is 6.61 Å². The Hall–Kier alpha value is -2.31. The summed E-state index contributed by atoms with van der Waals surface area (Å²) in [5.41, 5.74) is 6.50. The summed E-state index contributed by atoms with van der Waals surface area (Å²) in [6.45, 7) is 0.286. The molecule has 0 spiro atoms. The summed E-state index contributed by atoms with van der Waals surface area (Å²) in [4.78, 5) is 11.9. The van der Waals surface area contributed by atoms with E-state index in [1.54, 1.807) is 24.3 Å². The van der Waals surface area contributed by atoms with E-state index in [0.29, 0.717) is 22.1 Å². The standard InChI is InChI=1S/C16H15ClN2O3S/c1-21-14-8-10(15(20)19-16(18)23)6-7-13(14)22-9-11-4-2-3-5-12(11)17/h2-8H,9H2,1H3,(H3,18,19,20,23). The second-order valence-corrected chi connectivity index (χ2v) is 5.41. The number of rotatable bonds is 5. The maximum Gasteiger partial charge on any atom is 0.257 e. The average molecular weight is 351 g/mol. The van der Waals surface area contributed by atoms with E-state index in [1.165, 1.54) is 7.11 Å². The zero-order valence-electron chi connectivity index (χ0n) is 12.3. The number of nitrogens with one attached hydrogen (secondary N) is 1. The van der Waals surface area contributed by atoms with Crippen LogP contribution >= 0.6 is 23.8 Å². The molecule has 2 aromatic carbocycles. The first kappa shape index (κ1) is 17.1. The maximum absolute atomic E-state index is 11.9. The molecule has 120 valence electrons. The van der Waals surface area contributed by atoms with Crippen molar-refractivity contribution in [2.24, 2.45) is 5.73 Å². The summed E-state index contributed by atoms with van der Waals surface area (Å²) in [5, 5.41) is 2.89. The highest BCUT2D eigenvalue weighted by Gasteiger charge is 2.12. The lowest BCUT2D eigenvalue weighted by molar-refractivity contribution is 0.0977. The van der Waals surface area contributed by atoms with Crippen LogP contribution in [0.1, 0.15) is 15.9 Å². The molecule has 5 nitrogen and oxygen atoms in total. The first-order chi connectivity index (χ1) is 11.0. The number of carbonyl (C=O) groups excluding carboxylic acids is 1. The molecule has 0 aliphatic heterocycles. The van der Waals surface area contributed by atoms with E-state index in [1.807, 2.05) is 18.2 Å². The van der Waals surface area contributed by atoms with E-state index in [0.717, 1.165) is 5.56 Å². The van der Waals surface area contributed by atoms with Gasteiger partial charge in [0.15, 0.2) is 16.6 Å². The van der Waals surface area contributed by atoms with Crippen LogP contribution in [-0.4, -0.2) is 18.1 Å². The molecule has 0 bridgehead atoms. The van der Waals surface area contributed by atoms with Crippen LogP contribution in [0.15, 0.2) is 42.5 Å². The van der Waals surface area contributed by atoms with Gasteiger partial charge < -0.3 is 15.2 Å². The quantitative estimate of drug-likeness (QED) is 0.811. The average Bonchev–Trinajstić information content (AvgIpc) is 2.53. The van der Waals surface area contributed by atoms with E-state index in [-0.39, 0.29) is 11.7 Å². The molecule has 3 N–H and O–H groups in total. The Balaban J connectivity index is 2.15. The van der Waals surface area contributed by atoms with Gasteiger partial charge in [0.25, 0.3) is 5.91 Å². The van der Waals surface area contributed by atoms with Crippen LogP contribution < -0.4 is 20.5 Å². The Bertz CT molecular complexity index is 737. The summed E-state index contributed by atoms with van der Waals surface area (Å²) in [5.74, 6) is 0.514. The zero-order chi connectivity index (χ0) is 16.8. The number of carbonyl (C=O) groups is 1. The van der Waals surface area contributed by atoms with Crippen molar-refractivity contribution >= 4 is 34.8 Å². The van der Waals surface area contributed by atoms with Gasteiger partial charge in [-0.15, -0.1) is 0 Å². The molecule has 23 heavy (non-hydrogen) atoms. The zero-order valence-corrected chi connectivity index (χ0v) is 13.9. The normalized spacial score (nSPS) is 10.0. The summed E-state index contributed by atoms with van der Waals surface area (Å²) in [6, 6.07) is 12.2. The molecule has 7 heteroatoms. The third-order valence-electron chi connectivity index (χ3n) is 3.00. The minimum Gasteiger partial charge on any atom is -0.493 e. The first-order valence-electron chi connectivity index (χ1n) is 6.66. The number of benzene rings is 2. The van der Waals surface area contributed by atoms with Gasteiger partial charge in [-0.3, -0.25) is 10.1 Å². The predicted molar refractivity (Wildman–Crippen MR) is 93.0 cm³/mol. The highest BCUT2D eigenvalue weighted by Crippen LogP contribution is 2.29. The van der Waals surface area contributed by atoms with Gasteiger partial charge in [0.2, 0.25) is 0 Å².